The topological polar surface area (TPSA) is 29.1 Å². The number of nitrogens with one attached hydrogen (secondary N) is 1. The summed E-state index contributed by atoms with van der Waals surface area (Å²) < 4.78 is 13.3. The second-order valence-corrected chi connectivity index (χ2v) is 6.12. The highest BCUT2D eigenvalue weighted by Crippen LogP contribution is 2.50. The lowest BCUT2D eigenvalue weighted by Crippen LogP contribution is -2.44. The highest BCUT2D eigenvalue weighted by molar-refractivity contribution is 8.01. The van der Waals surface area contributed by atoms with Gasteiger partial charge in [-0.1, -0.05) is 25.3 Å². The Labute approximate surface area is 104 Å². The molecule has 1 aromatic carbocycles. The van der Waals surface area contributed by atoms with Gasteiger partial charge < -0.3 is 5.32 Å². The first-order valence-electron chi connectivity index (χ1n) is 6.00. The standard InChI is InChI=1S/C13H14FNOS/c14-9-5-4-6-10-11(9)17-13(12(16)15-10)7-2-1-3-8-13/h4-6H,1-3,7-8H2,(H,15,16). The largest absolute Gasteiger partial charge is 0.324 e. The van der Waals surface area contributed by atoms with E-state index in [0.29, 0.717) is 10.6 Å². The van der Waals surface area contributed by atoms with Gasteiger partial charge in [-0.25, -0.2) is 4.39 Å². The molecule has 1 amide bonds. The van der Waals surface area contributed by atoms with Crippen LogP contribution in [-0.4, -0.2) is 10.7 Å². The molecule has 2 aliphatic rings. The molecule has 2 nitrogen and oxygen atoms in total. The minimum Gasteiger partial charge on any atom is -0.324 e. The average Bonchev–Trinajstić information content (AvgIpc) is 2.34. The fourth-order valence-electron chi connectivity index (χ4n) is 2.64. The Hall–Kier alpha value is -1.03. The number of amides is 1. The molecular formula is C13H14FNOS. The van der Waals surface area contributed by atoms with Gasteiger partial charge in [-0.15, -0.1) is 11.8 Å². The van der Waals surface area contributed by atoms with Crippen LogP contribution in [0, 0.1) is 5.82 Å². The molecule has 1 N–H and O–H groups in total. The Morgan fingerprint density at radius 3 is 2.76 bits per heavy atom. The number of carbonyl (C=O) groups is 1. The van der Waals surface area contributed by atoms with Gasteiger partial charge in [0.05, 0.1) is 15.3 Å². The molecule has 3 rings (SSSR count). The molecule has 1 aromatic rings. The Morgan fingerprint density at radius 1 is 1.24 bits per heavy atom. The second kappa shape index (κ2) is 4.02. The monoisotopic (exact) mass is 251 g/mol. The third-order valence-electron chi connectivity index (χ3n) is 3.59. The van der Waals surface area contributed by atoms with Gasteiger partial charge in [0, 0.05) is 0 Å². The smallest absolute Gasteiger partial charge is 0.241 e. The first-order valence-corrected chi connectivity index (χ1v) is 6.82. The third kappa shape index (κ3) is 1.75. The summed E-state index contributed by atoms with van der Waals surface area (Å²) in [6.45, 7) is 0. The molecule has 1 fully saturated rings. The molecule has 1 heterocycles. The van der Waals surface area contributed by atoms with Crippen LogP contribution < -0.4 is 5.32 Å². The summed E-state index contributed by atoms with van der Waals surface area (Å²) >= 11 is 1.43. The second-order valence-electron chi connectivity index (χ2n) is 4.73. The zero-order valence-corrected chi connectivity index (χ0v) is 10.3. The van der Waals surface area contributed by atoms with E-state index in [0.717, 1.165) is 25.7 Å². The number of hydrogen-bond acceptors (Lipinski definition) is 2. The zero-order chi connectivity index (χ0) is 11.9. The van der Waals surface area contributed by atoms with Gasteiger partial charge in [-0.2, -0.15) is 0 Å². The van der Waals surface area contributed by atoms with Crippen LogP contribution in [0.2, 0.25) is 0 Å². The van der Waals surface area contributed by atoms with E-state index in [1.807, 2.05) is 0 Å². The average molecular weight is 251 g/mol. The number of anilines is 1. The predicted molar refractivity (Wildman–Crippen MR) is 66.7 cm³/mol. The van der Waals surface area contributed by atoms with E-state index in [2.05, 4.69) is 5.32 Å². The number of hydrogen-bond donors (Lipinski definition) is 1. The SMILES string of the molecule is O=C1Nc2cccc(F)c2SC12CCCCC2. The van der Waals surface area contributed by atoms with E-state index in [1.54, 1.807) is 12.1 Å². The first kappa shape index (κ1) is 11.1. The van der Waals surface area contributed by atoms with Gasteiger partial charge in [-0.05, 0) is 25.0 Å². The summed E-state index contributed by atoms with van der Waals surface area (Å²) in [5.74, 6) is -0.169. The summed E-state index contributed by atoms with van der Waals surface area (Å²) in [7, 11) is 0. The minimum absolute atomic E-state index is 0.0558. The molecule has 90 valence electrons. The van der Waals surface area contributed by atoms with Crippen LogP contribution in [0.15, 0.2) is 23.1 Å². The van der Waals surface area contributed by atoms with Crippen molar-refractivity contribution in [3.8, 4) is 0 Å². The Balaban J connectivity index is 2.01. The molecular weight excluding hydrogens is 237 g/mol. The maximum absolute atomic E-state index is 13.8. The Bertz CT molecular complexity index is 468. The van der Waals surface area contributed by atoms with Crippen LogP contribution in [0.1, 0.15) is 32.1 Å². The highest BCUT2D eigenvalue weighted by Gasteiger charge is 2.44. The van der Waals surface area contributed by atoms with Gasteiger partial charge in [0.1, 0.15) is 5.82 Å². The molecule has 17 heavy (non-hydrogen) atoms. The molecule has 1 saturated carbocycles. The van der Waals surface area contributed by atoms with Crippen LogP contribution >= 0.6 is 11.8 Å². The Kier molecular flexibility index (Phi) is 2.62. The lowest BCUT2D eigenvalue weighted by atomic mass is 9.87. The van der Waals surface area contributed by atoms with E-state index in [1.165, 1.54) is 24.2 Å². The molecule has 1 aliphatic heterocycles. The molecule has 0 bridgehead atoms. The molecule has 1 aliphatic carbocycles. The van der Waals surface area contributed by atoms with Gasteiger partial charge >= 0.3 is 0 Å². The summed E-state index contributed by atoms with van der Waals surface area (Å²) in [4.78, 5) is 12.8. The first-order chi connectivity index (χ1) is 8.21. The highest BCUT2D eigenvalue weighted by atomic mass is 32.2. The molecule has 1 spiro atoms. The molecule has 0 unspecified atom stereocenters. The van der Waals surface area contributed by atoms with Crippen molar-refractivity contribution >= 4 is 23.4 Å². The minimum atomic E-state index is -0.423. The lowest BCUT2D eigenvalue weighted by molar-refractivity contribution is -0.119. The molecule has 0 aromatic heterocycles. The van der Waals surface area contributed by atoms with Crippen molar-refractivity contribution in [1.29, 1.82) is 0 Å². The van der Waals surface area contributed by atoms with Crippen molar-refractivity contribution in [3.63, 3.8) is 0 Å². The van der Waals surface area contributed by atoms with Crippen LogP contribution in [0.25, 0.3) is 0 Å². The van der Waals surface area contributed by atoms with Gasteiger partial charge in [0.25, 0.3) is 0 Å². The maximum atomic E-state index is 13.8. The summed E-state index contributed by atoms with van der Waals surface area (Å²) in [6, 6.07) is 4.85. The molecule has 0 radical (unpaired) electrons. The quantitative estimate of drug-likeness (QED) is 0.763. The normalized spacial score (nSPS) is 22.1. The van der Waals surface area contributed by atoms with E-state index >= 15 is 0 Å². The van der Waals surface area contributed by atoms with E-state index < -0.39 is 4.75 Å². The van der Waals surface area contributed by atoms with Crippen molar-refractivity contribution in [2.24, 2.45) is 0 Å². The lowest BCUT2D eigenvalue weighted by Gasteiger charge is -2.38. The van der Waals surface area contributed by atoms with Crippen LogP contribution in [-0.2, 0) is 4.79 Å². The van der Waals surface area contributed by atoms with Crippen molar-refractivity contribution in [1.82, 2.24) is 0 Å². The van der Waals surface area contributed by atoms with Crippen molar-refractivity contribution in [2.75, 3.05) is 5.32 Å². The number of carbonyl (C=O) groups excluding carboxylic acids is 1. The number of fused-ring (bicyclic) bond motifs is 1. The zero-order valence-electron chi connectivity index (χ0n) is 9.46. The fraction of sp³-hybridized carbons (Fsp3) is 0.462. The molecule has 0 atom stereocenters. The van der Waals surface area contributed by atoms with Crippen molar-refractivity contribution in [3.05, 3.63) is 24.0 Å². The fourth-order valence-corrected chi connectivity index (χ4v) is 4.06. The number of rotatable bonds is 0. The summed E-state index contributed by atoms with van der Waals surface area (Å²) in [6.07, 6.45) is 5.02. The number of thioether (sulfide) groups is 1. The molecule has 0 saturated heterocycles. The van der Waals surface area contributed by atoms with Crippen LogP contribution in [0.4, 0.5) is 10.1 Å². The summed E-state index contributed by atoms with van der Waals surface area (Å²) in [5.41, 5.74) is 0.621. The van der Waals surface area contributed by atoms with Crippen LogP contribution in [0.3, 0.4) is 0 Å². The maximum Gasteiger partial charge on any atom is 0.241 e. The van der Waals surface area contributed by atoms with Crippen molar-refractivity contribution in [2.45, 2.75) is 41.7 Å². The van der Waals surface area contributed by atoms with Crippen LogP contribution in [0.5, 0.6) is 0 Å². The summed E-state index contributed by atoms with van der Waals surface area (Å²) in [5, 5.41) is 2.86. The van der Waals surface area contributed by atoms with E-state index in [9.17, 15) is 9.18 Å². The van der Waals surface area contributed by atoms with Gasteiger partial charge in [0.2, 0.25) is 5.91 Å². The van der Waals surface area contributed by atoms with E-state index in [4.69, 9.17) is 0 Å². The Morgan fingerprint density at radius 2 is 2.00 bits per heavy atom. The van der Waals surface area contributed by atoms with Crippen molar-refractivity contribution < 1.29 is 9.18 Å². The number of benzene rings is 1. The third-order valence-corrected chi connectivity index (χ3v) is 5.19. The molecule has 4 heteroatoms. The number of halogens is 1. The van der Waals surface area contributed by atoms with E-state index in [-0.39, 0.29) is 11.7 Å². The van der Waals surface area contributed by atoms with Gasteiger partial charge in [-0.3, -0.25) is 4.79 Å². The predicted octanol–water partition coefficient (Wildman–Crippen LogP) is 3.57. The van der Waals surface area contributed by atoms with Gasteiger partial charge in [0.15, 0.2) is 0 Å².